The van der Waals surface area contributed by atoms with Crippen LogP contribution in [0.15, 0.2) is 12.3 Å². The van der Waals surface area contributed by atoms with Crippen LogP contribution < -0.4 is 5.32 Å². The van der Waals surface area contributed by atoms with Gasteiger partial charge in [0.2, 0.25) is 0 Å². The van der Waals surface area contributed by atoms with Gasteiger partial charge in [-0.3, -0.25) is 0 Å². The lowest BCUT2D eigenvalue weighted by Gasteiger charge is -2.09. The van der Waals surface area contributed by atoms with Crippen LogP contribution in [0.5, 0.6) is 0 Å². The van der Waals surface area contributed by atoms with Crippen molar-refractivity contribution >= 4 is 0 Å². The molecule has 1 atom stereocenters. The smallest absolute Gasteiger partial charge is 0.0642 e. The van der Waals surface area contributed by atoms with Crippen molar-refractivity contribution in [3.63, 3.8) is 0 Å². The number of allylic oxidation sites excluding steroid dienone is 1. The van der Waals surface area contributed by atoms with E-state index >= 15 is 0 Å². The maximum absolute atomic E-state index is 5.44. The monoisotopic (exact) mass is 157 g/mol. The molecule has 0 heterocycles. The highest BCUT2D eigenvalue weighted by Gasteiger charge is 1.95. The van der Waals surface area contributed by atoms with Gasteiger partial charge in [-0.2, -0.15) is 0 Å². The first-order valence-corrected chi connectivity index (χ1v) is 4.27. The van der Waals surface area contributed by atoms with E-state index in [0.717, 1.165) is 19.6 Å². The van der Waals surface area contributed by atoms with Crippen molar-refractivity contribution in [1.29, 1.82) is 0 Å². The molecule has 0 amide bonds. The van der Waals surface area contributed by atoms with E-state index in [-0.39, 0.29) is 0 Å². The van der Waals surface area contributed by atoms with Crippen molar-refractivity contribution in [3.8, 4) is 0 Å². The van der Waals surface area contributed by atoms with Gasteiger partial charge in [-0.15, -0.1) is 0 Å². The van der Waals surface area contributed by atoms with Gasteiger partial charge in [-0.1, -0.05) is 13.0 Å². The Morgan fingerprint density at radius 1 is 1.55 bits per heavy atom. The summed E-state index contributed by atoms with van der Waals surface area (Å²) in [4.78, 5) is 0. The Morgan fingerprint density at radius 2 is 2.27 bits per heavy atom. The van der Waals surface area contributed by atoms with Crippen molar-refractivity contribution in [2.45, 2.75) is 33.3 Å². The first kappa shape index (κ1) is 10.5. The first-order valence-electron chi connectivity index (χ1n) is 4.27. The summed E-state index contributed by atoms with van der Waals surface area (Å²) < 4.78 is 5.44. The average Bonchev–Trinajstić information content (AvgIpc) is 2.04. The minimum Gasteiger partial charge on any atom is -0.389 e. The molecule has 0 aromatic carbocycles. The molecule has 0 rings (SSSR count). The summed E-state index contributed by atoms with van der Waals surface area (Å²) in [5.41, 5.74) is 0. The third kappa shape index (κ3) is 7.40. The van der Waals surface area contributed by atoms with Gasteiger partial charge in [0.15, 0.2) is 0 Å². The fourth-order valence-electron chi connectivity index (χ4n) is 0.638. The SMILES string of the molecule is CC=CNCCOC(C)CC. The van der Waals surface area contributed by atoms with Crippen molar-refractivity contribution in [3.05, 3.63) is 12.3 Å². The van der Waals surface area contributed by atoms with Crippen LogP contribution in [0.25, 0.3) is 0 Å². The van der Waals surface area contributed by atoms with E-state index in [1.54, 1.807) is 0 Å². The van der Waals surface area contributed by atoms with E-state index in [1.165, 1.54) is 0 Å². The molecule has 11 heavy (non-hydrogen) atoms. The highest BCUT2D eigenvalue weighted by Crippen LogP contribution is 1.93. The van der Waals surface area contributed by atoms with Gasteiger partial charge in [-0.25, -0.2) is 0 Å². The van der Waals surface area contributed by atoms with Gasteiger partial charge in [0.1, 0.15) is 0 Å². The molecule has 0 aromatic rings. The van der Waals surface area contributed by atoms with Crippen LogP contribution >= 0.6 is 0 Å². The number of nitrogens with one attached hydrogen (secondary N) is 1. The van der Waals surface area contributed by atoms with Crippen LogP contribution in [0, 0.1) is 0 Å². The lowest BCUT2D eigenvalue weighted by Crippen LogP contribution is -2.17. The van der Waals surface area contributed by atoms with Gasteiger partial charge in [0, 0.05) is 6.54 Å². The fourth-order valence-corrected chi connectivity index (χ4v) is 0.638. The first-order chi connectivity index (χ1) is 5.31. The Labute approximate surface area is 69.6 Å². The quantitative estimate of drug-likeness (QED) is 0.595. The zero-order valence-electron chi connectivity index (χ0n) is 7.76. The van der Waals surface area contributed by atoms with E-state index in [9.17, 15) is 0 Å². The molecular weight excluding hydrogens is 138 g/mol. The summed E-state index contributed by atoms with van der Waals surface area (Å²) in [6, 6.07) is 0. The molecule has 0 bridgehead atoms. The maximum atomic E-state index is 5.44. The van der Waals surface area contributed by atoms with Crippen LogP contribution in [-0.4, -0.2) is 19.3 Å². The predicted octanol–water partition coefficient (Wildman–Crippen LogP) is 1.92. The average molecular weight is 157 g/mol. The van der Waals surface area contributed by atoms with E-state index in [0.29, 0.717) is 6.10 Å². The molecule has 0 aliphatic carbocycles. The van der Waals surface area contributed by atoms with Crippen LogP contribution in [0.1, 0.15) is 27.2 Å². The molecule has 0 saturated heterocycles. The second-order valence-electron chi connectivity index (χ2n) is 2.54. The number of hydrogen-bond donors (Lipinski definition) is 1. The van der Waals surface area contributed by atoms with E-state index in [2.05, 4.69) is 19.2 Å². The molecular formula is C9H19NO. The minimum atomic E-state index is 0.391. The van der Waals surface area contributed by atoms with E-state index < -0.39 is 0 Å². The Hall–Kier alpha value is -0.500. The van der Waals surface area contributed by atoms with Crippen LogP contribution in [0.3, 0.4) is 0 Å². The summed E-state index contributed by atoms with van der Waals surface area (Å²) in [6.07, 6.45) is 5.38. The lowest BCUT2D eigenvalue weighted by molar-refractivity contribution is 0.0670. The summed E-state index contributed by atoms with van der Waals surface area (Å²) in [5.74, 6) is 0. The summed E-state index contributed by atoms with van der Waals surface area (Å²) >= 11 is 0. The lowest BCUT2D eigenvalue weighted by atomic mass is 10.3. The Morgan fingerprint density at radius 3 is 2.82 bits per heavy atom. The number of hydrogen-bond acceptors (Lipinski definition) is 2. The van der Waals surface area contributed by atoms with Crippen LogP contribution in [0.2, 0.25) is 0 Å². The van der Waals surface area contributed by atoms with Gasteiger partial charge >= 0.3 is 0 Å². The van der Waals surface area contributed by atoms with Gasteiger partial charge in [0.05, 0.1) is 12.7 Å². The summed E-state index contributed by atoms with van der Waals surface area (Å²) in [7, 11) is 0. The molecule has 1 unspecified atom stereocenters. The molecule has 2 heteroatoms. The maximum Gasteiger partial charge on any atom is 0.0642 e. The zero-order chi connectivity index (χ0) is 8.53. The van der Waals surface area contributed by atoms with Gasteiger partial charge in [-0.05, 0) is 26.5 Å². The molecule has 0 saturated carbocycles. The van der Waals surface area contributed by atoms with Crippen molar-refractivity contribution in [2.24, 2.45) is 0 Å². The Kier molecular flexibility index (Phi) is 7.26. The third-order valence-corrected chi connectivity index (χ3v) is 1.51. The molecule has 66 valence electrons. The van der Waals surface area contributed by atoms with Crippen molar-refractivity contribution < 1.29 is 4.74 Å². The number of rotatable bonds is 6. The predicted molar refractivity (Wildman–Crippen MR) is 48.5 cm³/mol. The van der Waals surface area contributed by atoms with Crippen molar-refractivity contribution in [2.75, 3.05) is 13.2 Å². The summed E-state index contributed by atoms with van der Waals surface area (Å²) in [5, 5.41) is 3.11. The third-order valence-electron chi connectivity index (χ3n) is 1.51. The Balaban J connectivity index is 3.01. The fraction of sp³-hybridized carbons (Fsp3) is 0.778. The molecule has 0 aromatic heterocycles. The normalized spacial score (nSPS) is 13.7. The molecule has 2 nitrogen and oxygen atoms in total. The highest BCUT2D eigenvalue weighted by molar-refractivity contribution is 4.73. The van der Waals surface area contributed by atoms with Crippen LogP contribution in [0.4, 0.5) is 0 Å². The number of ether oxygens (including phenoxy) is 1. The molecule has 0 aliphatic heterocycles. The molecule has 0 radical (unpaired) electrons. The minimum absolute atomic E-state index is 0.391. The Bertz CT molecular complexity index is 102. The molecule has 0 spiro atoms. The molecule has 0 fully saturated rings. The van der Waals surface area contributed by atoms with E-state index in [4.69, 9.17) is 4.74 Å². The zero-order valence-corrected chi connectivity index (χ0v) is 7.76. The second kappa shape index (κ2) is 7.61. The van der Waals surface area contributed by atoms with Gasteiger partial charge in [0.25, 0.3) is 0 Å². The topological polar surface area (TPSA) is 21.3 Å². The van der Waals surface area contributed by atoms with E-state index in [1.807, 2.05) is 19.2 Å². The molecule has 0 aliphatic rings. The van der Waals surface area contributed by atoms with Crippen molar-refractivity contribution in [1.82, 2.24) is 5.32 Å². The standard InChI is InChI=1S/C9H19NO/c1-4-6-10-7-8-11-9(3)5-2/h4,6,9-10H,5,7-8H2,1-3H3. The molecule has 1 N–H and O–H groups in total. The van der Waals surface area contributed by atoms with Gasteiger partial charge < -0.3 is 10.1 Å². The largest absolute Gasteiger partial charge is 0.389 e. The van der Waals surface area contributed by atoms with Crippen LogP contribution in [-0.2, 0) is 4.74 Å². The second-order valence-corrected chi connectivity index (χ2v) is 2.54. The highest BCUT2D eigenvalue weighted by atomic mass is 16.5. The summed E-state index contributed by atoms with van der Waals surface area (Å²) in [6.45, 7) is 7.90.